The van der Waals surface area contributed by atoms with E-state index in [2.05, 4.69) is 15.5 Å². The van der Waals surface area contributed by atoms with Gasteiger partial charge in [-0.25, -0.2) is 0 Å². The largest absolute Gasteiger partial charge is 0.388 e. The van der Waals surface area contributed by atoms with Gasteiger partial charge in [0.15, 0.2) is 0 Å². The van der Waals surface area contributed by atoms with Crippen LogP contribution in [0.4, 0.5) is 0 Å². The molecule has 2 rings (SSSR count). The van der Waals surface area contributed by atoms with E-state index in [1.54, 1.807) is 6.07 Å². The lowest BCUT2D eigenvalue weighted by atomic mass is 9.85. The molecular weight excluding hydrogens is 218 g/mol. The van der Waals surface area contributed by atoms with E-state index >= 15 is 0 Å². The van der Waals surface area contributed by atoms with Crippen molar-refractivity contribution in [3.05, 3.63) is 24.0 Å². The average Bonchev–Trinajstić information content (AvgIpc) is 2.38. The molecule has 1 aromatic rings. The monoisotopic (exact) mass is 235 g/mol. The van der Waals surface area contributed by atoms with Gasteiger partial charge in [0.2, 0.25) is 0 Å². The van der Waals surface area contributed by atoms with E-state index < -0.39 is 5.60 Å². The van der Waals surface area contributed by atoms with E-state index in [1.165, 1.54) is 18.8 Å². The minimum atomic E-state index is -0.728. The molecule has 0 atom stereocenters. The summed E-state index contributed by atoms with van der Waals surface area (Å²) in [5.74, 6) is -0.209. The third kappa shape index (κ3) is 3.23. The molecule has 1 fully saturated rings. The van der Waals surface area contributed by atoms with E-state index in [1.807, 2.05) is 0 Å². The quantitative estimate of drug-likeness (QED) is 0.816. The Labute approximate surface area is 100 Å². The lowest BCUT2D eigenvalue weighted by Gasteiger charge is -2.32. The minimum Gasteiger partial charge on any atom is -0.388 e. The molecule has 5 heteroatoms. The van der Waals surface area contributed by atoms with Gasteiger partial charge in [-0.2, -0.15) is 10.2 Å². The van der Waals surface area contributed by atoms with Gasteiger partial charge in [0.1, 0.15) is 0 Å². The van der Waals surface area contributed by atoms with E-state index in [-0.39, 0.29) is 5.91 Å². The summed E-state index contributed by atoms with van der Waals surface area (Å²) >= 11 is 0. The third-order valence-corrected chi connectivity index (χ3v) is 3.21. The second kappa shape index (κ2) is 5.23. The van der Waals surface area contributed by atoms with Gasteiger partial charge < -0.3 is 10.4 Å². The molecule has 0 radical (unpaired) electrons. The van der Waals surface area contributed by atoms with Gasteiger partial charge in [-0.1, -0.05) is 19.3 Å². The number of carbonyl (C=O) groups excluding carboxylic acids is 1. The van der Waals surface area contributed by atoms with Crippen molar-refractivity contribution in [1.29, 1.82) is 0 Å². The lowest BCUT2D eigenvalue weighted by Crippen LogP contribution is -2.44. The average molecular weight is 235 g/mol. The summed E-state index contributed by atoms with van der Waals surface area (Å²) in [5, 5.41) is 20.2. The third-order valence-electron chi connectivity index (χ3n) is 3.21. The Bertz CT molecular complexity index is 375. The first-order chi connectivity index (χ1) is 8.20. The molecule has 0 saturated heterocycles. The van der Waals surface area contributed by atoms with E-state index in [4.69, 9.17) is 0 Å². The first-order valence-electron chi connectivity index (χ1n) is 5.97. The Hall–Kier alpha value is -1.49. The van der Waals surface area contributed by atoms with Crippen molar-refractivity contribution in [2.45, 2.75) is 37.7 Å². The highest BCUT2D eigenvalue weighted by Crippen LogP contribution is 2.27. The predicted molar refractivity (Wildman–Crippen MR) is 62.4 cm³/mol. The SMILES string of the molecule is O=C(NCC1(O)CCCCC1)c1ccnnc1. The molecule has 1 saturated carbocycles. The van der Waals surface area contributed by atoms with Crippen molar-refractivity contribution in [2.24, 2.45) is 0 Å². The van der Waals surface area contributed by atoms with Crippen LogP contribution in [-0.4, -0.2) is 33.4 Å². The maximum absolute atomic E-state index is 11.7. The molecule has 0 aromatic carbocycles. The molecule has 1 heterocycles. The summed E-state index contributed by atoms with van der Waals surface area (Å²) in [5.41, 5.74) is -0.256. The highest BCUT2D eigenvalue weighted by Gasteiger charge is 2.29. The summed E-state index contributed by atoms with van der Waals surface area (Å²) in [4.78, 5) is 11.7. The number of rotatable bonds is 3. The molecule has 0 unspecified atom stereocenters. The van der Waals surface area contributed by atoms with Gasteiger partial charge in [-0.05, 0) is 18.9 Å². The maximum atomic E-state index is 11.7. The molecule has 2 N–H and O–H groups in total. The molecule has 0 spiro atoms. The van der Waals surface area contributed by atoms with Crippen LogP contribution in [0.3, 0.4) is 0 Å². The number of nitrogens with one attached hydrogen (secondary N) is 1. The smallest absolute Gasteiger partial charge is 0.253 e. The van der Waals surface area contributed by atoms with Gasteiger partial charge in [-0.15, -0.1) is 0 Å². The van der Waals surface area contributed by atoms with Crippen molar-refractivity contribution in [3.8, 4) is 0 Å². The molecule has 1 aliphatic rings. The van der Waals surface area contributed by atoms with Crippen LogP contribution in [0.15, 0.2) is 18.5 Å². The van der Waals surface area contributed by atoms with Crippen molar-refractivity contribution in [2.75, 3.05) is 6.54 Å². The molecule has 1 aliphatic carbocycles. The van der Waals surface area contributed by atoms with Crippen LogP contribution in [-0.2, 0) is 0 Å². The van der Waals surface area contributed by atoms with Crippen LogP contribution >= 0.6 is 0 Å². The van der Waals surface area contributed by atoms with E-state index in [0.29, 0.717) is 12.1 Å². The van der Waals surface area contributed by atoms with Crippen LogP contribution in [0.1, 0.15) is 42.5 Å². The maximum Gasteiger partial charge on any atom is 0.253 e. The van der Waals surface area contributed by atoms with Crippen molar-refractivity contribution >= 4 is 5.91 Å². The first kappa shape index (κ1) is 12.0. The Morgan fingerprint density at radius 3 is 2.76 bits per heavy atom. The van der Waals surface area contributed by atoms with E-state index in [0.717, 1.165) is 25.7 Å². The molecule has 1 aromatic heterocycles. The zero-order chi connectivity index (χ0) is 12.1. The van der Waals surface area contributed by atoms with Crippen molar-refractivity contribution < 1.29 is 9.90 Å². The number of amides is 1. The normalized spacial score (nSPS) is 18.6. The molecule has 5 nitrogen and oxygen atoms in total. The summed E-state index contributed by atoms with van der Waals surface area (Å²) in [6.45, 7) is 0.314. The molecular formula is C12H17N3O2. The highest BCUT2D eigenvalue weighted by molar-refractivity contribution is 5.93. The van der Waals surface area contributed by atoms with E-state index in [9.17, 15) is 9.90 Å². The van der Waals surface area contributed by atoms with Crippen LogP contribution < -0.4 is 5.32 Å². The molecule has 1 amide bonds. The Balaban J connectivity index is 1.87. The predicted octanol–water partition coefficient (Wildman–Crippen LogP) is 0.902. The zero-order valence-corrected chi connectivity index (χ0v) is 9.72. The Kier molecular flexibility index (Phi) is 3.68. The van der Waals surface area contributed by atoms with Crippen LogP contribution in [0.2, 0.25) is 0 Å². The number of hydrogen-bond donors (Lipinski definition) is 2. The fourth-order valence-corrected chi connectivity index (χ4v) is 2.16. The van der Waals surface area contributed by atoms with Crippen molar-refractivity contribution in [3.63, 3.8) is 0 Å². The Morgan fingerprint density at radius 1 is 1.35 bits per heavy atom. The molecule has 17 heavy (non-hydrogen) atoms. The second-order valence-electron chi connectivity index (χ2n) is 4.60. The lowest BCUT2D eigenvalue weighted by molar-refractivity contribution is 0.00525. The highest BCUT2D eigenvalue weighted by atomic mass is 16.3. The van der Waals surface area contributed by atoms with Gasteiger partial charge in [0.05, 0.1) is 23.6 Å². The molecule has 0 bridgehead atoms. The summed E-state index contributed by atoms with van der Waals surface area (Å²) in [6.07, 6.45) is 7.66. The summed E-state index contributed by atoms with van der Waals surface area (Å²) in [6, 6.07) is 1.60. The minimum absolute atomic E-state index is 0.209. The molecule has 92 valence electrons. The number of nitrogens with zero attached hydrogens (tertiary/aromatic N) is 2. The number of aliphatic hydroxyl groups is 1. The van der Waals surface area contributed by atoms with Crippen LogP contribution in [0.25, 0.3) is 0 Å². The fraction of sp³-hybridized carbons (Fsp3) is 0.583. The zero-order valence-electron chi connectivity index (χ0n) is 9.72. The first-order valence-corrected chi connectivity index (χ1v) is 5.97. The number of hydrogen-bond acceptors (Lipinski definition) is 4. The standard InChI is InChI=1S/C12H17N3O2/c16-11(10-4-7-14-15-8-10)13-9-12(17)5-2-1-3-6-12/h4,7-8,17H,1-3,5-6,9H2,(H,13,16). The van der Waals surface area contributed by atoms with Gasteiger partial charge in [0.25, 0.3) is 5.91 Å². The Morgan fingerprint density at radius 2 is 2.12 bits per heavy atom. The topological polar surface area (TPSA) is 75.1 Å². The molecule has 0 aliphatic heterocycles. The number of aromatic nitrogens is 2. The van der Waals surface area contributed by atoms with Gasteiger partial charge in [0, 0.05) is 6.54 Å². The van der Waals surface area contributed by atoms with Gasteiger partial charge >= 0.3 is 0 Å². The summed E-state index contributed by atoms with van der Waals surface area (Å²) in [7, 11) is 0. The second-order valence-corrected chi connectivity index (χ2v) is 4.60. The van der Waals surface area contributed by atoms with Gasteiger partial charge in [-0.3, -0.25) is 4.79 Å². The van der Waals surface area contributed by atoms with Crippen LogP contribution in [0, 0.1) is 0 Å². The van der Waals surface area contributed by atoms with Crippen molar-refractivity contribution in [1.82, 2.24) is 15.5 Å². The fourth-order valence-electron chi connectivity index (χ4n) is 2.16. The number of carbonyl (C=O) groups is 1. The summed E-state index contributed by atoms with van der Waals surface area (Å²) < 4.78 is 0. The van der Waals surface area contributed by atoms with Crippen LogP contribution in [0.5, 0.6) is 0 Å².